The minimum Gasteiger partial charge on any atom is -0.385 e. The summed E-state index contributed by atoms with van der Waals surface area (Å²) in [6, 6.07) is 6.31. The number of nitro groups is 1. The fourth-order valence-electron chi connectivity index (χ4n) is 2.85. The van der Waals surface area contributed by atoms with Crippen LogP contribution < -0.4 is 10.6 Å². The van der Waals surface area contributed by atoms with Crippen LogP contribution in [-0.4, -0.2) is 49.0 Å². The van der Waals surface area contributed by atoms with Gasteiger partial charge in [-0.05, 0) is 44.5 Å². The Morgan fingerprint density at radius 2 is 2.13 bits per heavy atom. The number of benzene rings is 1. The number of amides is 1. The van der Waals surface area contributed by atoms with Crippen LogP contribution in [0.25, 0.3) is 0 Å². The van der Waals surface area contributed by atoms with Crippen molar-refractivity contribution < 1.29 is 9.72 Å². The molecule has 1 amide bonds. The lowest BCUT2D eigenvalue weighted by molar-refractivity contribution is -0.384. The minimum atomic E-state index is -0.417. The van der Waals surface area contributed by atoms with Gasteiger partial charge in [0, 0.05) is 43.9 Å². The van der Waals surface area contributed by atoms with Crippen molar-refractivity contribution in [2.24, 2.45) is 5.92 Å². The molecule has 1 saturated heterocycles. The van der Waals surface area contributed by atoms with Crippen molar-refractivity contribution in [2.45, 2.75) is 19.3 Å². The maximum absolute atomic E-state index is 12.1. The molecule has 2 N–H and O–H groups in total. The highest BCUT2D eigenvalue weighted by Crippen LogP contribution is 2.17. The molecule has 1 aromatic rings. The van der Waals surface area contributed by atoms with Crippen molar-refractivity contribution in [1.82, 2.24) is 10.2 Å². The number of non-ortho nitro benzene ring substituents is 1. The molecule has 0 aromatic heterocycles. The Hall–Kier alpha value is -2.15. The second kappa shape index (κ2) is 8.47. The van der Waals surface area contributed by atoms with E-state index in [4.69, 9.17) is 0 Å². The molecule has 1 heterocycles. The van der Waals surface area contributed by atoms with E-state index in [0.717, 1.165) is 38.2 Å². The average Bonchev–Trinajstić information content (AvgIpc) is 3.01. The van der Waals surface area contributed by atoms with E-state index in [9.17, 15) is 14.9 Å². The van der Waals surface area contributed by atoms with Gasteiger partial charge in [-0.3, -0.25) is 14.9 Å². The van der Waals surface area contributed by atoms with Crippen molar-refractivity contribution in [3.63, 3.8) is 0 Å². The Kier molecular flexibility index (Phi) is 6.34. The van der Waals surface area contributed by atoms with Gasteiger partial charge in [0.2, 0.25) is 5.91 Å². The van der Waals surface area contributed by atoms with Gasteiger partial charge in [-0.2, -0.15) is 0 Å². The average molecular weight is 320 g/mol. The zero-order chi connectivity index (χ0) is 16.7. The first-order valence-electron chi connectivity index (χ1n) is 8.01. The fraction of sp³-hybridized carbons (Fsp3) is 0.562. The third-order valence-corrected chi connectivity index (χ3v) is 4.11. The van der Waals surface area contributed by atoms with E-state index >= 15 is 0 Å². The molecule has 0 radical (unpaired) electrons. The van der Waals surface area contributed by atoms with Gasteiger partial charge in [-0.15, -0.1) is 0 Å². The first-order valence-corrected chi connectivity index (χ1v) is 8.01. The highest BCUT2D eigenvalue weighted by atomic mass is 16.6. The van der Waals surface area contributed by atoms with Gasteiger partial charge in [0.25, 0.3) is 5.69 Å². The predicted octanol–water partition coefficient (Wildman–Crippen LogP) is 1.85. The van der Waals surface area contributed by atoms with E-state index in [0.29, 0.717) is 18.9 Å². The van der Waals surface area contributed by atoms with Crippen LogP contribution in [0.5, 0.6) is 0 Å². The number of anilines is 1. The number of carbonyl (C=O) groups is 1. The van der Waals surface area contributed by atoms with Gasteiger partial charge in [0.1, 0.15) is 0 Å². The van der Waals surface area contributed by atoms with Crippen LogP contribution in [0, 0.1) is 16.0 Å². The van der Waals surface area contributed by atoms with Gasteiger partial charge in [0.15, 0.2) is 0 Å². The van der Waals surface area contributed by atoms with Crippen molar-refractivity contribution in [1.29, 1.82) is 0 Å². The maximum atomic E-state index is 12.1. The molecule has 1 fully saturated rings. The molecule has 1 unspecified atom stereocenters. The first kappa shape index (κ1) is 17.2. The molecule has 0 spiro atoms. The maximum Gasteiger partial charge on any atom is 0.269 e. The second-order valence-electron chi connectivity index (χ2n) is 5.89. The van der Waals surface area contributed by atoms with Crippen molar-refractivity contribution >= 4 is 17.3 Å². The Morgan fingerprint density at radius 3 is 2.78 bits per heavy atom. The molecule has 23 heavy (non-hydrogen) atoms. The SMILES string of the molecule is CNCC1CCN(C(=O)CCCNc2ccc([N+](=O)[O-])cc2)C1. The molecule has 0 saturated carbocycles. The van der Waals surface area contributed by atoms with Crippen LogP contribution in [0.3, 0.4) is 0 Å². The highest BCUT2D eigenvalue weighted by molar-refractivity contribution is 5.76. The number of nitrogens with zero attached hydrogens (tertiary/aromatic N) is 2. The summed E-state index contributed by atoms with van der Waals surface area (Å²) in [4.78, 5) is 24.2. The van der Waals surface area contributed by atoms with E-state index < -0.39 is 4.92 Å². The summed E-state index contributed by atoms with van der Waals surface area (Å²) in [6.45, 7) is 3.36. The number of nitrogens with one attached hydrogen (secondary N) is 2. The number of carbonyl (C=O) groups excluding carboxylic acids is 1. The molecule has 1 atom stereocenters. The lowest BCUT2D eigenvalue weighted by Gasteiger charge is -2.16. The van der Waals surface area contributed by atoms with Gasteiger partial charge in [-0.25, -0.2) is 0 Å². The number of likely N-dealkylation sites (tertiary alicyclic amines) is 1. The molecule has 1 aliphatic heterocycles. The number of hydrogen-bond acceptors (Lipinski definition) is 5. The Bertz CT molecular complexity index is 533. The second-order valence-corrected chi connectivity index (χ2v) is 5.89. The molecule has 126 valence electrons. The quantitative estimate of drug-likeness (QED) is 0.434. The van der Waals surface area contributed by atoms with Crippen molar-refractivity contribution in [3.05, 3.63) is 34.4 Å². The van der Waals surface area contributed by atoms with E-state index in [1.807, 2.05) is 11.9 Å². The number of rotatable bonds is 8. The molecule has 7 heteroatoms. The zero-order valence-electron chi connectivity index (χ0n) is 13.5. The molecule has 2 rings (SSSR count). The molecular formula is C16H24N4O3. The summed E-state index contributed by atoms with van der Waals surface area (Å²) < 4.78 is 0. The van der Waals surface area contributed by atoms with E-state index in [-0.39, 0.29) is 11.6 Å². The summed E-state index contributed by atoms with van der Waals surface area (Å²) >= 11 is 0. The topological polar surface area (TPSA) is 87.5 Å². The monoisotopic (exact) mass is 320 g/mol. The van der Waals surface area contributed by atoms with Gasteiger partial charge in [0.05, 0.1) is 4.92 Å². The highest BCUT2D eigenvalue weighted by Gasteiger charge is 2.24. The first-order chi connectivity index (χ1) is 11.1. The zero-order valence-corrected chi connectivity index (χ0v) is 13.5. The number of hydrogen-bond donors (Lipinski definition) is 2. The molecule has 7 nitrogen and oxygen atoms in total. The Balaban J connectivity index is 1.65. The third kappa shape index (κ3) is 5.21. The number of nitro benzene ring substituents is 1. The fourth-order valence-corrected chi connectivity index (χ4v) is 2.85. The largest absolute Gasteiger partial charge is 0.385 e. The molecule has 0 aliphatic carbocycles. The Labute approximate surface area is 136 Å². The van der Waals surface area contributed by atoms with Crippen LogP contribution in [0.4, 0.5) is 11.4 Å². The Morgan fingerprint density at radius 1 is 1.39 bits per heavy atom. The van der Waals surface area contributed by atoms with E-state index in [2.05, 4.69) is 10.6 Å². The van der Waals surface area contributed by atoms with Crippen molar-refractivity contribution in [3.8, 4) is 0 Å². The van der Waals surface area contributed by atoms with Crippen LogP contribution in [0.1, 0.15) is 19.3 Å². The summed E-state index contributed by atoms with van der Waals surface area (Å²) in [7, 11) is 1.94. The van der Waals surface area contributed by atoms with Gasteiger partial charge < -0.3 is 15.5 Å². The lowest BCUT2D eigenvalue weighted by Crippen LogP contribution is -2.30. The van der Waals surface area contributed by atoms with Crippen molar-refractivity contribution in [2.75, 3.05) is 38.5 Å². The van der Waals surface area contributed by atoms with Gasteiger partial charge >= 0.3 is 0 Å². The minimum absolute atomic E-state index is 0.0795. The predicted molar refractivity (Wildman–Crippen MR) is 89.4 cm³/mol. The summed E-state index contributed by atoms with van der Waals surface area (Å²) in [5, 5.41) is 16.9. The molecule has 0 bridgehead atoms. The van der Waals surface area contributed by atoms with E-state index in [1.54, 1.807) is 12.1 Å². The lowest BCUT2D eigenvalue weighted by atomic mass is 10.1. The van der Waals surface area contributed by atoms with Crippen LogP contribution in [0.15, 0.2) is 24.3 Å². The normalized spacial score (nSPS) is 17.3. The third-order valence-electron chi connectivity index (χ3n) is 4.11. The summed E-state index contributed by atoms with van der Waals surface area (Å²) in [6.07, 6.45) is 2.36. The van der Waals surface area contributed by atoms with Crippen LogP contribution in [0.2, 0.25) is 0 Å². The van der Waals surface area contributed by atoms with Crippen LogP contribution in [-0.2, 0) is 4.79 Å². The summed E-state index contributed by atoms with van der Waals surface area (Å²) in [5.74, 6) is 0.788. The summed E-state index contributed by atoms with van der Waals surface area (Å²) in [5.41, 5.74) is 0.911. The van der Waals surface area contributed by atoms with E-state index in [1.165, 1.54) is 12.1 Å². The van der Waals surface area contributed by atoms with Crippen LogP contribution >= 0.6 is 0 Å². The molecule has 1 aliphatic rings. The molecule has 1 aromatic carbocycles. The molecular weight excluding hydrogens is 296 g/mol. The van der Waals surface area contributed by atoms with Gasteiger partial charge in [-0.1, -0.05) is 0 Å². The smallest absolute Gasteiger partial charge is 0.269 e. The standard InChI is InChI=1S/C16H24N4O3/c1-17-11-13-8-10-19(12-13)16(21)3-2-9-18-14-4-6-15(7-5-14)20(22)23/h4-7,13,17-18H,2-3,8-12H2,1H3.